The minimum absolute atomic E-state index is 0.0590. The molecule has 140 valence electrons. The molecule has 2 fully saturated rings. The van der Waals surface area contributed by atoms with Crippen molar-refractivity contribution in [2.24, 2.45) is 17.8 Å². The molecule has 26 heavy (non-hydrogen) atoms. The summed E-state index contributed by atoms with van der Waals surface area (Å²) in [5, 5.41) is 9.80. The number of carbonyl (C=O) groups is 2. The van der Waals surface area contributed by atoms with Gasteiger partial charge in [-0.2, -0.15) is 0 Å². The Morgan fingerprint density at radius 3 is 2.96 bits per heavy atom. The zero-order valence-corrected chi connectivity index (χ0v) is 15.5. The van der Waals surface area contributed by atoms with Crippen LogP contribution in [0.25, 0.3) is 0 Å². The molecule has 2 heterocycles. The van der Waals surface area contributed by atoms with Gasteiger partial charge < -0.3 is 14.7 Å². The van der Waals surface area contributed by atoms with Crippen LogP contribution in [0.1, 0.15) is 50.7 Å². The monoisotopic (exact) mass is 357 g/mol. The van der Waals surface area contributed by atoms with E-state index in [0.29, 0.717) is 19.6 Å². The van der Waals surface area contributed by atoms with Gasteiger partial charge in [0.1, 0.15) is 5.75 Å². The Balaban J connectivity index is 1.78. The predicted octanol–water partition coefficient (Wildman–Crippen LogP) is 3.21. The van der Waals surface area contributed by atoms with Gasteiger partial charge in [-0.3, -0.25) is 9.59 Å². The minimum Gasteiger partial charge on any atom is -0.494 e. The molecule has 1 aromatic rings. The van der Waals surface area contributed by atoms with Crippen LogP contribution in [-0.2, 0) is 21.5 Å². The zero-order chi connectivity index (χ0) is 18.5. The van der Waals surface area contributed by atoms with Gasteiger partial charge >= 0.3 is 5.97 Å². The molecular formula is C21H27NO4. The molecule has 1 amide bonds. The van der Waals surface area contributed by atoms with Gasteiger partial charge in [0.25, 0.3) is 0 Å². The summed E-state index contributed by atoms with van der Waals surface area (Å²) >= 11 is 0. The first-order valence-corrected chi connectivity index (χ1v) is 9.78. The summed E-state index contributed by atoms with van der Waals surface area (Å²) in [5.74, 6) is -0.374. The molecule has 1 saturated heterocycles. The highest BCUT2D eigenvalue weighted by atomic mass is 16.5. The lowest BCUT2D eigenvalue weighted by Gasteiger charge is -2.44. The molecule has 1 spiro atoms. The van der Waals surface area contributed by atoms with Gasteiger partial charge in [-0.1, -0.05) is 26.3 Å². The number of nitrogens with zero attached hydrogens (tertiary/aromatic N) is 1. The van der Waals surface area contributed by atoms with Gasteiger partial charge in [0, 0.05) is 18.9 Å². The fraction of sp³-hybridized carbons (Fsp3) is 0.619. The third kappa shape index (κ3) is 2.36. The van der Waals surface area contributed by atoms with Crippen molar-refractivity contribution in [1.29, 1.82) is 0 Å². The number of aliphatic carboxylic acids is 1. The molecule has 4 atom stereocenters. The lowest BCUT2D eigenvalue weighted by atomic mass is 9.74. The van der Waals surface area contributed by atoms with E-state index in [2.05, 4.69) is 19.1 Å². The fourth-order valence-corrected chi connectivity index (χ4v) is 5.62. The highest BCUT2D eigenvalue weighted by molar-refractivity contribution is 5.84. The molecule has 3 aliphatic rings. The van der Waals surface area contributed by atoms with Gasteiger partial charge in [-0.05, 0) is 48.4 Å². The number of fused-ring (bicyclic) bond motifs is 1. The molecule has 0 unspecified atom stereocenters. The number of ether oxygens (including phenoxy) is 1. The topological polar surface area (TPSA) is 66.8 Å². The number of hydrogen-bond acceptors (Lipinski definition) is 3. The number of hydrogen-bond donors (Lipinski definition) is 1. The summed E-state index contributed by atoms with van der Waals surface area (Å²) < 4.78 is 5.91. The average Bonchev–Trinajstić information content (AvgIpc) is 3.03. The smallest absolute Gasteiger partial charge is 0.307 e. The number of rotatable bonds is 5. The zero-order valence-electron chi connectivity index (χ0n) is 15.5. The number of carboxylic acids is 1. The predicted molar refractivity (Wildman–Crippen MR) is 97.0 cm³/mol. The number of carboxylic acid groups (broad SMARTS) is 1. The van der Waals surface area contributed by atoms with Gasteiger partial charge in [0.15, 0.2) is 0 Å². The van der Waals surface area contributed by atoms with Crippen LogP contribution in [0.4, 0.5) is 0 Å². The summed E-state index contributed by atoms with van der Waals surface area (Å²) in [7, 11) is 0. The van der Waals surface area contributed by atoms with E-state index in [1.165, 1.54) is 5.56 Å². The highest BCUT2D eigenvalue weighted by Crippen LogP contribution is 2.61. The van der Waals surface area contributed by atoms with E-state index in [1.807, 2.05) is 17.9 Å². The molecule has 1 N–H and O–H groups in total. The van der Waals surface area contributed by atoms with Crippen LogP contribution in [0.2, 0.25) is 0 Å². The maximum Gasteiger partial charge on any atom is 0.307 e. The Kier molecular flexibility index (Phi) is 4.20. The van der Waals surface area contributed by atoms with Crippen LogP contribution in [0.5, 0.6) is 5.75 Å². The van der Waals surface area contributed by atoms with Crippen molar-refractivity contribution in [3.8, 4) is 5.75 Å². The Hall–Kier alpha value is -2.04. The molecule has 0 radical (unpaired) electrons. The molecule has 2 aliphatic heterocycles. The first kappa shape index (κ1) is 17.4. The van der Waals surface area contributed by atoms with E-state index < -0.39 is 17.4 Å². The van der Waals surface area contributed by atoms with Crippen molar-refractivity contribution in [3.05, 3.63) is 29.3 Å². The third-order valence-electron chi connectivity index (χ3n) is 6.67. The van der Waals surface area contributed by atoms with Gasteiger partial charge in [0.2, 0.25) is 5.91 Å². The Morgan fingerprint density at radius 2 is 2.23 bits per heavy atom. The van der Waals surface area contributed by atoms with Crippen LogP contribution in [0.15, 0.2) is 18.2 Å². The lowest BCUT2D eigenvalue weighted by molar-refractivity contribution is -0.144. The van der Waals surface area contributed by atoms with Crippen LogP contribution in [0.3, 0.4) is 0 Å². The summed E-state index contributed by atoms with van der Waals surface area (Å²) in [6, 6.07) is 6.21. The normalized spacial score (nSPS) is 32.2. The molecule has 0 aromatic heterocycles. The summed E-state index contributed by atoms with van der Waals surface area (Å²) in [6.45, 7) is 5.53. The molecule has 1 saturated carbocycles. The third-order valence-corrected chi connectivity index (χ3v) is 6.67. The van der Waals surface area contributed by atoms with Crippen LogP contribution in [-0.4, -0.2) is 35.0 Å². The Bertz CT molecular complexity index is 746. The standard InChI is InChI=1S/C21H27NO4/c1-3-4-9-26-15-6-5-14-7-8-22-18(23)11-17-19(20(24)25)13(2)12-21(17,22)16(14)10-15/h5-6,10,13,17,19H,3-4,7-9,11-12H2,1-2H3,(H,24,25)/t13-,17-,19+,21-/m0/s1. The molecule has 1 aliphatic carbocycles. The number of unbranched alkanes of at least 4 members (excludes halogenated alkanes) is 1. The minimum atomic E-state index is -0.767. The van der Waals surface area contributed by atoms with E-state index in [9.17, 15) is 14.7 Å². The molecule has 5 heteroatoms. The second-order valence-electron chi connectivity index (χ2n) is 8.10. The van der Waals surface area contributed by atoms with Crippen LogP contribution in [0, 0.1) is 17.8 Å². The fourth-order valence-electron chi connectivity index (χ4n) is 5.62. The van der Waals surface area contributed by atoms with Crippen molar-refractivity contribution < 1.29 is 19.4 Å². The van der Waals surface area contributed by atoms with Gasteiger partial charge in [0.05, 0.1) is 18.1 Å². The quantitative estimate of drug-likeness (QED) is 0.822. The summed E-state index contributed by atoms with van der Waals surface area (Å²) in [4.78, 5) is 26.6. The first-order chi connectivity index (χ1) is 12.5. The second-order valence-corrected chi connectivity index (χ2v) is 8.10. The second kappa shape index (κ2) is 6.29. The van der Waals surface area contributed by atoms with Crippen molar-refractivity contribution in [2.75, 3.05) is 13.2 Å². The maximum atomic E-state index is 12.7. The van der Waals surface area contributed by atoms with Crippen molar-refractivity contribution in [1.82, 2.24) is 4.90 Å². The van der Waals surface area contributed by atoms with E-state index in [0.717, 1.165) is 37.0 Å². The Labute approximate surface area is 154 Å². The van der Waals surface area contributed by atoms with E-state index in [4.69, 9.17) is 4.74 Å². The summed E-state index contributed by atoms with van der Waals surface area (Å²) in [6.07, 6.45) is 4.00. The van der Waals surface area contributed by atoms with Gasteiger partial charge in [-0.15, -0.1) is 0 Å². The number of benzene rings is 1. The van der Waals surface area contributed by atoms with Crippen molar-refractivity contribution >= 4 is 11.9 Å². The van der Waals surface area contributed by atoms with Crippen LogP contribution >= 0.6 is 0 Å². The van der Waals surface area contributed by atoms with E-state index in [1.54, 1.807) is 0 Å². The first-order valence-electron chi connectivity index (χ1n) is 9.78. The molecule has 1 aromatic carbocycles. The maximum absolute atomic E-state index is 12.7. The van der Waals surface area contributed by atoms with Crippen molar-refractivity contribution in [3.63, 3.8) is 0 Å². The number of amides is 1. The van der Waals surface area contributed by atoms with E-state index in [-0.39, 0.29) is 17.7 Å². The largest absolute Gasteiger partial charge is 0.494 e. The average molecular weight is 357 g/mol. The summed E-state index contributed by atoms with van der Waals surface area (Å²) in [5.41, 5.74) is 1.91. The molecular weight excluding hydrogens is 330 g/mol. The van der Waals surface area contributed by atoms with Gasteiger partial charge in [-0.25, -0.2) is 0 Å². The van der Waals surface area contributed by atoms with Crippen molar-refractivity contribution in [2.45, 2.75) is 51.5 Å². The molecule has 0 bridgehead atoms. The van der Waals surface area contributed by atoms with E-state index >= 15 is 0 Å². The molecule has 4 rings (SSSR count). The SMILES string of the molecule is CCCCOc1ccc2c(c1)[C@@]13C[C@H](C)[C@@H](C(=O)O)[C@@H]1CC(=O)N3CC2. The number of carbonyl (C=O) groups excluding carboxylic acids is 1. The Morgan fingerprint density at radius 1 is 1.42 bits per heavy atom. The van der Waals surface area contributed by atoms with Crippen LogP contribution < -0.4 is 4.74 Å². The lowest BCUT2D eigenvalue weighted by Crippen LogP contribution is -2.49. The highest BCUT2D eigenvalue weighted by Gasteiger charge is 2.65. The molecule has 5 nitrogen and oxygen atoms in total.